The second-order valence-electron chi connectivity index (χ2n) is 3.78. The number of hydrogen-bond donors (Lipinski definition) is 0. The topological polar surface area (TPSA) is 0 Å². The smallest absolute Gasteiger partial charge is 0.0752 e. The molecule has 1 aromatic heterocycles. The Morgan fingerprint density at radius 3 is 2.56 bits per heavy atom. The van der Waals surface area contributed by atoms with E-state index in [9.17, 15) is 0 Å². The Hall–Kier alpha value is -0.120. The fourth-order valence-electron chi connectivity index (χ4n) is 1.68. The fourth-order valence-corrected chi connectivity index (χ4v) is 4.64. The first-order chi connectivity index (χ1) is 7.61. The van der Waals surface area contributed by atoms with Gasteiger partial charge in [-0.1, -0.05) is 34.1 Å². The van der Waals surface area contributed by atoms with Gasteiger partial charge in [-0.15, -0.1) is 11.3 Å². The van der Waals surface area contributed by atoms with Crippen LogP contribution in [0.2, 0.25) is 0 Å². The third-order valence-electron chi connectivity index (χ3n) is 2.79. The third-order valence-corrected chi connectivity index (χ3v) is 5.98. The second-order valence-corrected chi connectivity index (χ2v) is 6.50. The molecule has 2 aromatic rings. The molecule has 1 heterocycles. The number of halogens is 2. The van der Waals surface area contributed by atoms with Crippen molar-refractivity contribution in [1.82, 2.24) is 0 Å². The number of aryl methyl sites for hydroxylation is 1. The summed E-state index contributed by atoms with van der Waals surface area (Å²) in [6, 6.07) is 8.56. The standard InChI is InChI=1S/C13H12Br2S/c1-8-4-3-5-10(9(8)2)12(15)13-11(14)6-7-16-13/h3-7,12H,1-2H3. The minimum absolute atomic E-state index is 0.279. The molecular formula is C13H12Br2S. The first kappa shape index (κ1) is 12.3. The maximum atomic E-state index is 3.79. The molecule has 16 heavy (non-hydrogen) atoms. The quantitative estimate of drug-likeness (QED) is 0.611. The SMILES string of the molecule is Cc1cccc(C(Br)c2sccc2Br)c1C. The molecule has 0 fully saturated rings. The number of rotatable bonds is 2. The summed E-state index contributed by atoms with van der Waals surface area (Å²) in [6.07, 6.45) is 0. The first-order valence-electron chi connectivity index (χ1n) is 5.04. The van der Waals surface area contributed by atoms with Gasteiger partial charge in [-0.3, -0.25) is 0 Å². The molecule has 2 rings (SSSR count). The van der Waals surface area contributed by atoms with E-state index in [1.807, 2.05) is 0 Å². The van der Waals surface area contributed by atoms with E-state index in [1.165, 1.54) is 26.0 Å². The Morgan fingerprint density at radius 1 is 1.19 bits per heavy atom. The number of hydrogen-bond acceptors (Lipinski definition) is 1. The third kappa shape index (κ3) is 2.27. The molecule has 1 unspecified atom stereocenters. The van der Waals surface area contributed by atoms with E-state index >= 15 is 0 Å². The van der Waals surface area contributed by atoms with Crippen molar-refractivity contribution in [3.8, 4) is 0 Å². The van der Waals surface area contributed by atoms with Crippen LogP contribution < -0.4 is 0 Å². The van der Waals surface area contributed by atoms with Gasteiger partial charge in [0.25, 0.3) is 0 Å². The van der Waals surface area contributed by atoms with E-state index in [2.05, 4.69) is 75.4 Å². The Kier molecular flexibility index (Phi) is 3.88. The van der Waals surface area contributed by atoms with Crippen LogP contribution in [0.15, 0.2) is 34.1 Å². The second kappa shape index (κ2) is 5.03. The largest absolute Gasteiger partial charge is 0.146 e. The number of thiophene rings is 1. The molecule has 1 atom stereocenters. The summed E-state index contributed by atoms with van der Waals surface area (Å²) >= 11 is 9.15. The van der Waals surface area contributed by atoms with E-state index in [0.29, 0.717) is 0 Å². The van der Waals surface area contributed by atoms with Crippen molar-refractivity contribution in [2.24, 2.45) is 0 Å². The average molecular weight is 360 g/mol. The molecule has 3 heteroatoms. The highest BCUT2D eigenvalue weighted by Crippen LogP contribution is 2.40. The zero-order valence-electron chi connectivity index (χ0n) is 9.13. The lowest BCUT2D eigenvalue weighted by Gasteiger charge is -2.14. The van der Waals surface area contributed by atoms with Crippen molar-refractivity contribution in [3.05, 3.63) is 55.7 Å². The Bertz CT molecular complexity index is 502. The van der Waals surface area contributed by atoms with Gasteiger partial charge in [-0.05, 0) is 57.9 Å². The van der Waals surface area contributed by atoms with E-state index in [4.69, 9.17) is 0 Å². The van der Waals surface area contributed by atoms with Crippen molar-refractivity contribution in [2.75, 3.05) is 0 Å². The Labute approximate surface area is 117 Å². The molecule has 0 amide bonds. The lowest BCUT2D eigenvalue weighted by Crippen LogP contribution is -1.96. The summed E-state index contributed by atoms with van der Waals surface area (Å²) in [4.78, 5) is 1.61. The maximum absolute atomic E-state index is 3.79. The summed E-state index contributed by atoms with van der Waals surface area (Å²) in [6.45, 7) is 4.34. The Balaban J connectivity index is 2.46. The van der Waals surface area contributed by atoms with Crippen LogP contribution in [-0.4, -0.2) is 0 Å². The minimum atomic E-state index is 0.279. The molecule has 0 nitrogen and oxygen atoms in total. The van der Waals surface area contributed by atoms with Crippen LogP contribution in [-0.2, 0) is 0 Å². The molecule has 0 aliphatic carbocycles. The highest BCUT2D eigenvalue weighted by molar-refractivity contribution is 9.11. The highest BCUT2D eigenvalue weighted by atomic mass is 79.9. The van der Waals surface area contributed by atoms with Gasteiger partial charge in [0.05, 0.1) is 4.83 Å². The van der Waals surface area contributed by atoms with Gasteiger partial charge in [0.15, 0.2) is 0 Å². The van der Waals surface area contributed by atoms with E-state index in [0.717, 1.165) is 0 Å². The molecule has 0 bridgehead atoms. The van der Waals surface area contributed by atoms with Gasteiger partial charge in [-0.2, -0.15) is 0 Å². The van der Waals surface area contributed by atoms with Gasteiger partial charge in [0, 0.05) is 9.35 Å². The van der Waals surface area contributed by atoms with Crippen LogP contribution in [0.1, 0.15) is 26.4 Å². The monoisotopic (exact) mass is 358 g/mol. The van der Waals surface area contributed by atoms with Gasteiger partial charge >= 0.3 is 0 Å². The molecule has 84 valence electrons. The summed E-state index contributed by atoms with van der Waals surface area (Å²) in [5.41, 5.74) is 4.06. The fraction of sp³-hybridized carbons (Fsp3) is 0.231. The zero-order chi connectivity index (χ0) is 11.7. The lowest BCUT2D eigenvalue weighted by atomic mass is 10.0. The van der Waals surface area contributed by atoms with E-state index < -0.39 is 0 Å². The predicted molar refractivity (Wildman–Crippen MR) is 78.7 cm³/mol. The van der Waals surface area contributed by atoms with E-state index in [-0.39, 0.29) is 4.83 Å². The zero-order valence-corrected chi connectivity index (χ0v) is 13.1. The summed E-state index contributed by atoms with van der Waals surface area (Å²) in [5, 5.41) is 2.11. The van der Waals surface area contributed by atoms with Gasteiger partial charge in [-0.25, -0.2) is 0 Å². The van der Waals surface area contributed by atoms with Crippen LogP contribution in [0, 0.1) is 13.8 Å². The normalized spacial score (nSPS) is 12.8. The molecule has 0 N–H and O–H groups in total. The van der Waals surface area contributed by atoms with Crippen LogP contribution in [0.25, 0.3) is 0 Å². The van der Waals surface area contributed by atoms with Crippen molar-refractivity contribution < 1.29 is 0 Å². The molecule has 0 spiro atoms. The van der Waals surface area contributed by atoms with Crippen molar-refractivity contribution in [2.45, 2.75) is 18.7 Å². The summed E-state index contributed by atoms with van der Waals surface area (Å²) < 4.78 is 1.18. The first-order valence-corrected chi connectivity index (χ1v) is 7.63. The molecule has 1 aromatic carbocycles. The van der Waals surface area contributed by atoms with Gasteiger partial charge in [0.1, 0.15) is 0 Å². The van der Waals surface area contributed by atoms with Crippen molar-refractivity contribution in [1.29, 1.82) is 0 Å². The average Bonchev–Trinajstić information content (AvgIpc) is 2.68. The highest BCUT2D eigenvalue weighted by Gasteiger charge is 2.17. The Morgan fingerprint density at radius 2 is 1.94 bits per heavy atom. The molecule has 0 saturated carbocycles. The summed E-state index contributed by atoms with van der Waals surface area (Å²) in [7, 11) is 0. The minimum Gasteiger partial charge on any atom is -0.146 e. The summed E-state index contributed by atoms with van der Waals surface area (Å²) in [5.74, 6) is 0. The predicted octanol–water partition coefficient (Wildman–Crippen LogP) is 5.61. The van der Waals surface area contributed by atoms with Crippen LogP contribution >= 0.6 is 43.2 Å². The molecule has 0 saturated heterocycles. The van der Waals surface area contributed by atoms with Crippen LogP contribution in [0.4, 0.5) is 0 Å². The van der Waals surface area contributed by atoms with Crippen molar-refractivity contribution >= 4 is 43.2 Å². The van der Waals surface area contributed by atoms with E-state index in [1.54, 1.807) is 11.3 Å². The van der Waals surface area contributed by atoms with Crippen LogP contribution in [0.3, 0.4) is 0 Å². The maximum Gasteiger partial charge on any atom is 0.0752 e. The molecular weight excluding hydrogens is 348 g/mol. The molecule has 0 aliphatic rings. The van der Waals surface area contributed by atoms with Crippen molar-refractivity contribution in [3.63, 3.8) is 0 Å². The molecule has 0 aliphatic heterocycles. The molecule has 0 radical (unpaired) electrons. The van der Waals surface area contributed by atoms with Gasteiger partial charge < -0.3 is 0 Å². The number of alkyl halides is 1. The van der Waals surface area contributed by atoms with Gasteiger partial charge in [0.2, 0.25) is 0 Å². The lowest BCUT2D eigenvalue weighted by molar-refractivity contribution is 1.15. The van der Waals surface area contributed by atoms with Crippen LogP contribution in [0.5, 0.6) is 0 Å². The number of benzene rings is 1.